The summed E-state index contributed by atoms with van der Waals surface area (Å²) >= 11 is 0. The van der Waals surface area contributed by atoms with Gasteiger partial charge in [-0.3, -0.25) is 4.90 Å². The van der Waals surface area contributed by atoms with Crippen LogP contribution in [0.25, 0.3) is 0 Å². The molecule has 2 atom stereocenters. The second-order valence-corrected chi connectivity index (χ2v) is 4.60. The van der Waals surface area contributed by atoms with Crippen LogP contribution in [-0.4, -0.2) is 37.1 Å². The smallest absolute Gasteiger partial charge is 0.0220 e. The molecular weight excluding hydrogens is 172 g/mol. The van der Waals surface area contributed by atoms with E-state index in [-0.39, 0.29) is 0 Å². The summed E-state index contributed by atoms with van der Waals surface area (Å²) in [6.07, 6.45) is 4.07. The van der Waals surface area contributed by atoms with Crippen LogP contribution in [0.2, 0.25) is 0 Å². The number of likely N-dealkylation sites (tertiary alicyclic amines) is 1. The first-order valence-electron chi connectivity index (χ1n) is 6.22. The lowest BCUT2D eigenvalue weighted by atomic mass is 10.1. The van der Waals surface area contributed by atoms with Gasteiger partial charge in [0.1, 0.15) is 0 Å². The molecule has 1 saturated heterocycles. The van der Waals surface area contributed by atoms with Gasteiger partial charge in [0.25, 0.3) is 0 Å². The maximum atomic E-state index is 3.60. The van der Waals surface area contributed by atoms with Crippen molar-refractivity contribution in [1.29, 1.82) is 0 Å². The molecule has 0 unspecified atom stereocenters. The predicted molar refractivity (Wildman–Crippen MR) is 62.6 cm³/mol. The van der Waals surface area contributed by atoms with E-state index >= 15 is 0 Å². The number of likely N-dealkylation sites (N-methyl/N-ethyl adjacent to an activating group) is 1. The van der Waals surface area contributed by atoms with Gasteiger partial charge in [-0.25, -0.2) is 0 Å². The van der Waals surface area contributed by atoms with Crippen molar-refractivity contribution in [2.75, 3.05) is 26.2 Å². The van der Waals surface area contributed by atoms with Gasteiger partial charge in [-0.05, 0) is 38.4 Å². The highest BCUT2D eigenvalue weighted by Gasteiger charge is 2.22. The SMILES string of the molecule is CC[C@@H](C)CNC[C@H]1CCCN1CC. The molecule has 84 valence electrons. The molecule has 0 amide bonds. The zero-order valence-electron chi connectivity index (χ0n) is 10.1. The topological polar surface area (TPSA) is 15.3 Å². The first-order chi connectivity index (χ1) is 6.77. The number of nitrogens with one attached hydrogen (secondary N) is 1. The van der Waals surface area contributed by atoms with Crippen molar-refractivity contribution >= 4 is 0 Å². The van der Waals surface area contributed by atoms with E-state index in [0.29, 0.717) is 0 Å². The molecule has 0 saturated carbocycles. The second kappa shape index (κ2) is 6.41. The van der Waals surface area contributed by atoms with E-state index in [1.54, 1.807) is 0 Å². The van der Waals surface area contributed by atoms with Crippen LogP contribution in [0.5, 0.6) is 0 Å². The molecular formula is C12H26N2. The minimum atomic E-state index is 0.809. The van der Waals surface area contributed by atoms with Gasteiger partial charge in [0.2, 0.25) is 0 Å². The fourth-order valence-corrected chi connectivity index (χ4v) is 2.18. The number of hydrogen-bond acceptors (Lipinski definition) is 2. The predicted octanol–water partition coefficient (Wildman–Crippen LogP) is 2.11. The Kier molecular flexibility index (Phi) is 5.49. The van der Waals surface area contributed by atoms with Crippen LogP contribution in [0.15, 0.2) is 0 Å². The Morgan fingerprint density at radius 1 is 1.43 bits per heavy atom. The molecule has 1 aliphatic heterocycles. The van der Waals surface area contributed by atoms with Crippen LogP contribution in [-0.2, 0) is 0 Å². The van der Waals surface area contributed by atoms with E-state index in [2.05, 4.69) is 31.0 Å². The molecule has 0 bridgehead atoms. The quantitative estimate of drug-likeness (QED) is 0.703. The van der Waals surface area contributed by atoms with Crippen LogP contribution in [0.1, 0.15) is 40.0 Å². The first-order valence-corrected chi connectivity index (χ1v) is 6.22. The molecule has 1 aliphatic rings. The Balaban J connectivity index is 2.11. The minimum Gasteiger partial charge on any atom is -0.315 e. The van der Waals surface area contributed by atoms with Crippen LogP contribution in [0.4, 0.5) is 0 Å². The third-order valence-corrected chi connectivity index (χ3v) is 3.47. The zero-order valence-corrected chi connectivity index (χ0v) is 10.1. The second-order valence-electron chi connectivity index (χ2n) is 4.60. The molecule has 1 fully saturated rings. The minimum absolute atomic E-state index is 0.809. The average Bonchev–Trinajstić information content (AvgIpc) is 2.65. The summed E-state index contributed by atoms with van der Waals surface area (Å²) in [5, 5.41) is 3.60. The van der Waals surface area contributed by atoms with E-state index < -0.39 is 0 Å². The van der Waals surface area contributed by atoms with Crippen LogP contribution in [0, 0.1) is 5.92 Å². The normalized spacial score (nSPS) is 25.5. The highest BCUT2D eigenvalue weighted by Crippen LogP contribution is 2.15. The lowest BCUT2D eigenvalue weighted by molar-refractivity contribution is 0.257. The maximum Gasteiger partial charge on any atom is 0.0220 e. The molecule has 0 aromatic carbocycles. The monoisotopic (exact) mass is 198 g/mol. The lowest BCUT2D eigenvalue weighted by Crippen LogP contribution is -2.38. The summed E-state index contributed by atoms with van der Waals surface area (Å²) in [5.74, 6) is 0.825. The largest absolute Gasteiger partial charge is 0.315 e. The summed E-state index contributed by atoms with van der Waals surface area (Å²) in [6.45, 7) is 11.8. The first kappa shape index (κ1) is 12.0. The van der Waals surface area contributed by atoms with Crippen molar-refractivity contribution in [2.24, 2.45) is 5.92 Å². The third-order valence-electron chi connectivity index (χ3n) is 3.47. The molecule has 2 nitrogen and oxygen atoms in total. The molecule has 0 radical (unpaired) electrons. The van der Waals surface area contributed by atoms with Crippen LogP contribution >= 0.6 is 0 Å². The van der Waals surface area contributed by atoms with Crippen LogP contribution < -0.4 is 5.32 Å². The number of nitrogens with zero attached hydrogens (tertiary/aromatic N) is 1. The van der Waals surface area contributed by atoms with E-state index in [4.69, 9.17) is 0 Å². The molecule has 1 rings (SSSR count). The Labute approximate surface area is 89.1 Å². The van der Waals surface area contributed by atoms with E-state index in [1.165, 1.54) is 45.4 Å². The molecule has 0 aromatic rings. The fraction of sp³-hybridized carbons (Fsp3) is 1.00. The summed E-state index contributed by atoms with van der Waals surface area (Å²) in [7, 11) is 0. The Morgan fingerprint density at radius 2 is 2.21 bits per heavy atom. The fourth-order valence-electron chi connectivity index (χ4n) is 2.18. The Hall–Kier alpha value is -0.0800. The standard InChI is InChI=1S/C12H26N2/c1-4-11(3)9-13-10-12-7-6-8-14(12)5-2/h11-13H,4-10H2,1-3H3/t11-,12-/m1/s1. The van der Waals surface area contributed by atoms with Gasteiger partial charge < -0.3 is 5.32 Å². The van der Waals surface area contributed by atoms with Crippen molar-refractivity contribution in [3.63, 3.8) is 0 Å². The van der Waals surface area contributed by atoms with Crippen molar-refractivity contribution < 1.29 is 0 Å². The van der Waals surface area contributed by atoms with Gasteiger partial charge in [-0.2, -0.15) is 0 Å². The zero-order chi connectivity index (χ0) is 10.4. The van der Waals surface area contributed by atoms with Gasteiger partial charge in [-0.1, -0.05) is 27.2 Å². The van der Waals surface area contributed by atoms with Crippen molar-refractivity contribution in [3.8, 4) is 0 Å². The number of hydrogen-bond donors (Lipinski definition) is 1. The molecule has 1 heterocycles. The molecule has 1 N–H and O–H groups in total. The Morgan fingerprint density at radius 3 is 2.86 bits per heavy atom. The summed E-state index contributed by atoms with van der Waals surface area (Å²) in [6, 6.07) is 0.809. The molecule has 14 heavy (non-hydrogen) atoms. The van der Waals surface area contributed by atoms with Crippen molar-refractivity contribution in [1.82, 2.24) is 10.2 Å². The summed E-state index contributed by atoms with van der Waals surface area (Å²) in [4.78, 5) is 2.60. The number of rotatable bonds is 6. The van der Waals surface area contributed by atoms with E-state index in [9.17, 15) is 0 Å². The van der Waals surface area contributed by atoms with Gasteiger partial charge in [-0.15, -0.1) is 0 Å². The third kappa shape index (κ3) is 3.58. The van der Waals surface area contributed by atoms with Gasteiger partial charge in [0.05, 0.1) is 0 Å². The molecule has 0 aromatic heterocycles. The summed E-state index contributed by atoms with van der Waals surface area (Å²) in [5.41, 5.74) is 0. The lowest BCUT2D eigenvalue weighted by Gasteiger charge is -2.23. The molecule has 0 spiro atoms. The van der Waals surface area contributed by atoms with Gasteiger partial charge in [0.15, 0.2) is 0 Å². The molecule has 2 heteroatoms. The van der Waals surface area contributed by atoms with Gasteiger partial charge >= 0.3 is 0 Å². The van der Waals surface area contributed by atoms with Crippen molar-refractivity contribution in [3.05, 3.63) is 0 Å². The van der Waals surface area contributed by atoms with E-state index in [1.807, 2.05) is 0 Å². The highest BCUT2D eigenvalue weighted by atomic mass is 15.2. The average molecular weight is 198 g/mol. The summed E-state index contributed by atoms with van der Waals surface area (Å²) < 4.78 is 0. The van der Waals surface area contributed by atoms with Gasteiger partial charge in [0, 0.05) is 12.6 Å². The van der Waals surface area contributed by atoms with E-state index in [0.717, 1.165) is 12.0 Å². The van der Waals surface area contributed by atoms with Crippen molar-refractivity contribution in [2.45, 2.75) is 46.1 Å². The highest BCUT2D eigenvalue weighted by molar-refractivity contribution is 4.80. The Bertz CT molecular complexity index is 147. The molecule has 0 aliphatic carbocycles. The van der Waals surface area contributed by atoms with Crippen LogP contribution in [0.3, 0.4) is 0 Å². The maximum absolute atomic E-state index is 3.60.